The highest BCUT2D eigenvalue weighted by Gasteiger charge is 2.26. The predicted molar refractivity (Wildman–Crippen MR) is 94.2 cm³/mol. The van der Waals surface area contributed by atoms with Crippen LogP contribution in [0.1, 0.15) is 26.2 Å². The van der Waals surface area contributed by atoms with Crippen LogP contribution in [-0.2, 0) is 14.8 Å². The van der Waals surface area contributed by atoms with Crippen molar-refractivity contribution in [2.75, 3.05) is 13.1 Å². The second kappa shape index (κ2) is 6.91. The first-order valence-electron chi connectivity index (χ1n) is 8.27. The fraction of sp³-hybridized carbons (Fsp3) is 0.389. The number of rotatable bonds is 4. The van der Waals surface area contributed by atoms with Gasteiger partial charge in [0.25, 0.3) is 0 Å². The minimum atomic E-state index is -3.73. The van der Waals surface area contributed by atoms with E-state index in [0.29, 0.717) is 13.1 Å². The maximum Gasteiger partial charge on any atom is 0.241 e. The first kappa shape index (κ1) is 16.9. The summed E-state index contributed by atoms with van der Waals surface area (Å²) in [6.07, 6.45) is 3.09. The Morgan fingerprint density at radius 1 is 1.04 bits per heavy atom. The lowest BCUT2D eigenvalue weighted by Gasteiger charge is -2.29. The molecule has 2 aromatic carbocycles. The second-order valence-electron chi connectivity index (χ2n) is 6.24. The molecule has 1 saturated heterocycles. The number of fused-ring (bicyclic) bond motifs is 1. The summed E-state index contributed by atoms with van der Waals surface area (Å²) in [5.74, 6) is -0.154. The van der Waals surface area contributed by atoms with E-state index in [4.69, 9.17) is 0 Å². The molecule has 3 rings (SSSR count). The Morgan fingerprint density at radius 3 is 2.42 bits per heavy atom. The standard InChI is InChI=1S/C18H22N2O3S/c1-14(18(21)20-11-5-2-6-12-20)19-24(22,23)17-10-9-15-7-3-4-8-16(15)13-17/h3-4,7-10,13-14,19H,2,5-6,11-12H2,1H3/t14-/m1/s1. The van der Waals surface area contributed by atoms with E-state index in [0.717, 1.165) is 30.0 Å². The van der Waals surface area contributed by atoms with Gasteiger partial charge in [-0.2, -0.15) is 4.72 Å². The highest BCUT2D eigenvalue weighted by atomic mass is 32.2. The summed E-state index contributed by atoms with van der Waals surface area (Å²) < 4.78 is 27.7. The number of amides is 1. The van der Waals surface area contributed by atoms with E-state index >= 15 is 0 Å². The summed E-state index contributed by atoms with van der Waals surface area (Å²) >= 11 is 0. The Kier molecular flexibility index (Phi) is 4.87. The fourth-order valence-corrected chi connectivity index (χ4v) is 4.31. The Balaban J connectivity index is 1.77. The summed E-state index contributed by atoms with van der Waals surface area (Å²) in [5, 5.41) is 1.84. The van der Waals surface area contributed by atoms with Crippen LogP contribution in [0.25, 0.3) is 10.8 Å². The molecule has 1 atom stereocenters. The first-order valence-corrected chi connectivity index (χ1v) is 9.76. The SMILES string of the molecule is C[C@@H](NS(=O)(=O)c1ccc2ccccc2c1)C(=O)N1CCCCC1. The molecule has 0 aliphatic carbocycles. The number of nitrogens with zero attached hydrogens (tertiary/aromatic N) is 1. The van der Waals surface area contributed by atoms with E-state index in [1.165, 1.54) is 0 Å². The van der Waals surface area contributed by atoms with Gasteiger partial charge in [-0.05, 0) is 49.1 Å². The third kappa shape index (κ3) is 3.60. The third-order valence-electron chi connectivity index (χ3n) is 4.40. The Bertz CT molecular complexity index is 842. The van der Waals surface area contributed by atoms with Gasteiger partial charge in [0.2, 0.25) is 15.9 Å². The minimum absolute atomic E-state index is 0.154. The molecule has 1 N–H and O–H groups in total. The molecule has 0 unspecified atom stereocenters. The number of nitrogens with one attached hydrogen (secondary N) is 1. The van der Waals surface area contributed by atoms with Gasteiger partial charge in [-0.15, -0.1) is 0 Å². The smallest absolute Gasteiger partial charge is 0.241 e. The van der Waals surface area contributed by atoms with E-state index in [1.807, 2.05) is 24.3 Å². The van der Waals surface area contributed by atoms with Crippen LogP contribution in [-0.4, -0.2) is 38.4 Å². The van der Waals surface area contributed by atoms with Gasteiger partial charge in [0.05, 0.1) is 10.9 Å². The molecule has 24 heavy (non-hydrogen) atoms. The van der Waals surface area contributed by atoms with Crippen molar-refractivity contribution in [3.8, 4) is 0 Å². The monoisotopic (exact) mass is 346 g/mol. The highest BCUT2D eigenvalue weighted by molar-refractivity contribution is 7.89. The fourth-order valence-electron chi connectivity index (χ4n) is 3.07. The lowest BCUT2D eigenvalue weighted by Crippen LogP contribution is -2.48. The normalized spacial score (nSPS) is 17.0. The molecular formula is C18H22N2O3S. The molecule has 1 aliphatic rings. The highest BCUT2D eigenvalue weighted by Crippen LogP contribution is 2.19. The average molecular weight is 346 g/mol. The summed E-state index contributed by atoms with van der Waals surface area (Å²) in [6, 6.07) is 11.8. The van der Waals surface area contributed by atoms with Crippen LogP contribution >= 0.6 is 0 Å². The summed E-state index contributed by atoms with van der Waals surface area (Å²) in [4.78, 5) is 14.3. The number of hydrogen-bond donors (Lipinski definition) is 1. The molecule has 1 amide bonds. The topological polar surface area (TPSA) is 66.5 Å². The molecule has 0 aromatic heterocycles. The van der Waals surface area contributed by atoms with E-state index < -0.39 is 16.1 Å². The summed E-state index contributed by atoms with van der Waals surface area (Å²) in [5.41, 5.74) is 0. The van der Waals surface area contributed by atoms with E-state index in [9.17, 15) is 13.2 Å². The molecule has 5 nitrogen and oxygen atoms in total. The van der Waals surface area contributed by atoms with Crippen LogP contribution in [0.5, 0.6) is 0 Å². The van der Waals surface area contributed by atoms with Crippen LogP contribution in [0.15, 0.2) is 47.4 Å². The van der Waals surface area contributed by atoms with Crippen LogP contribution in [0.4, 0.5) is 0 Å². The third-order valence-corrected chi connectivity index (χ3v) is 5.94. The number of likely N-dealkylation sites (tertiary alicyclic amines) is 1. The number of sulfonamides is 1. The summed E-state index contributed by atoms with van der Waals surface area (Å²) in [6.45, 7) is 3.03. The van der Waals surface area contributed by atoms with Crippen LogP contribution in [0.3, 0.4) is 0 Å². The van der Waals surface area contributed by atoms with Crippen LogP contribution < -0.4 is 4.72 Å². The maximum atomic E-state index is 12.6. The molecule has 0 radical (unpaired) electrons. The zero-order chi connectivity index (χ0) is 17.2. The zero-order valence-electron chi connectivity index (χ0n) is 13.7. The summed E-state index contributed by atoms with van der Waals surface area (Å²) in [7, 11) is -3.73. The lowest BCUT2D eigenvalue weighted by atomic mass is 10.1. The van der Waals surface area contributed by atoms with Crippen molar-refractivity contribution in [1.29, 1.82) is 0 Å². The van der Waals surface area contributed by atoms with E-state index in [-0.39, 0.29) is 10.8 Å². The van der Waals surface area contributed by atoms with E-state index in [2.05, 4.69) is 4.72 Å². The molecule has 0 bridgehead atoms. The van der Waals surface area contributed by atoms with Crippen molar-refractivity contribution in [2.24, 2.45) is 0 Å². The quantitative estimate of drug-likeness (QED) is 0.925. The molecule has 0 saturated carbocycles. The van der Waals surface area contributed by atoms with Gasteiger partial charge >= 0.3 is 0 Å². The van der Waals surface area contributed by atoms with Gasteiger partial charge < -0.3 is 4.90 Å². The molecule has 0 spiro atoms. The number of carbonyl (C=O) groups is 1. The van der Waals surface area contributed by atoms with Crippen molar-refractivity contribution in [3.63, 3.8) is 0 Å². The lowest BCUT2D eigenvalue weighted by molar-refractivity contribution is -0.133. The van der Waals surface area contributed by atoms with Gasteiger partial charge in [0, 0.05) is 13.1 Å². The first-order chi connectivity index (χ1) is 11.5. The molecule has 1 heterocycles. The Morgan fingerprint density at radius 2 is 1.71 bits per heavy atom. The number of benzene rings is 2. The van der Waals surface area contributed by atoms with Crippen molar-refractivity contribution in [2.45, 2.75) is 37.1 Å². The van der Waals surface area contributed by atoms with Gasteiger partial charge in [-0.1, -0.05) is 30.3 Å². The Labute approximate surface area is 142 Å². The minimum Gasteiger partial charge on any atom is -0.341 e. The van der Waals surface area contributed by atoms with Crippen molar-refractivity contribution in [3.05, 3.63) is 42.5 Å². The number of carbonyl (C=O) groups excluding carboxylic acids is 1. The van der Waals surface area contributed by atoms with Crippen molar-refractivity contribution in [1.82, 2.24) is 9.62 Å². The zero-order valence-corrected chi connectivity index (χ0v) is 14.6. The van der Waals surface area contributed by atoms with Crippen molar-refractivity contribution >= 4 is 26.7 Å². The van der Waals surface area contributed by atoms with Gasteiger partial charge in [-0.25, -0.2) is 8.42 Å². The molecule has 1 aliphatic heterocycles. The van der Waals surface area contributed by atoms with Crippen LogP contribution in [0.2, 0.25) is 0 Å². The molecule has 1 fully saturated rings. The molecule has 2 aromatic rings. The number of hydrogen-bond acceptors (Lipinski definition) is 3. The van der Waals surface area contributed by atoms with Gasteiger partial charge in [0.15, 0.2) is 0 Å². The molecule has 128 valence electrons. The maximum absolute atomic E-state index is 12.6. The van der Waals surface area contributed by atoms with Crippen molar-refractivity contribution < 1.29 is 13.2 Å². The van der Waals surface area contributed by atoms with Crippen LogP contribution in [0, 0.1) is 0 Å². The molecule has 6 heteroatoms. The Hall–Kier alpha value is -1.92. The largest absolute Gasteiger partial charge is 0.341 e. The van der Waals surface area contributed by atoms with Gasteiger partial charge in [0.1, 0.15) is 0 Å². The average Bonchev–Trinajstić information content (AvgIpc) is 2.61. The predicted octanol–water partition coefficient (Wildman–Crippen LogP) is 2.52. The molecular weight excluding hydrogens is 324 g/mol. The van der Waals surface area contributed by atoms with Gasteiger partial charge in [-0.3, -0.25) is 4.79 Å². The number of piperidine rings is 1. The second-order valence-corrected chi connectivity index (χ2v) is 7.95. The van der Waals surface area contributed by atoms with E-state index in [1.54, 1.807) is 30.0 Å².